The van der Waals surface area contributed by atoms with Gasteiger partial charge in [-0.05, 0) is 53.0 Å². The minimum absolute atomic E-state index is 0.102. The van der Waals surface area contributed by atoms with E-state index in [-0.39, 0.29) is 5.78 Å². The van der Waals surface area contributed by atoms with Crippen LogP contribution in [0.5, 0.6) is 0 Å². The van der Waals surface area contributed by atoms with Gasteiger partial charge in [-0.2, -0.15) is 0 Å². The summed E-state index contributed by atoms with van der Waals surface area (Å²) in [6, 6.07) is 0. The van der Waals surface area contributed by atoms with Crippen LogP contribution in [0, 0.1) is 0 Å². The zero-order chi connectivity index (χ0) is 12.8. The number of hydrogen-bond acceptors (Lipinski definition) is 3. The average molecular weight is 228 g/mol. The van der Waals surface area contributed by atoms with E-state index in [9.17, 15) is 9.90 Å². The van der Waals surface area contributed by atoms with Crippen molar-refractivity contribution < 1.29 is 14.6 Å². The summed E-state index contributed by atoms with van der Waals surface area (Å²) >= 11 is 0. The van der Waals surface area contributed by atoms with Gasteiger partial charge in [-0.15, -0.1) is 0 Å². The second-order valence-electron chi connectivity index (χ2n) is 5.20. The molecule has 0 aliphatic carbocycles. The molecule has 0 aromatic rings. The Balaban J connectivity index is 3.74. The van der Waals surface area contributed by atoms with Crippen molar-refractivity contribution in [2.45, 2.75) is 58.2 Å². The third-order valence-electron chi connectivity index (χ3n) is 2.42. The first-order valence-electron chi connectivity index (χ1n) is 5.72. The molecule has 0 saturated heterocycles. The predicted molar refractivity (Wildman–Crippen MR) is 65.4 cm³/mol. The van der Waals surface area contributed by atoms with Crippen LogP contribution in [-0.4, -0.2) is 28.7 Å². The fourth-order valence-corrected chi connectivity index (χ4v) is 1.30. The molecule has 0 fully saturated rings. The molecule has 0 amide bonds. The molecule has 0 heterocycles. The standard InChI is InChI=1S/C13H24O3/c1-6-11(14)13(4,5)16-10-8-7-9-12(2,3)15/h6,15H,1,7-10H2,2-5H3. The lowest BCUT2D eigenvalue weighted by atomic mass is 10.0. The lowest BCUT2D eigenvalue weighted by Crippen LogP contribution is -2.34. The van der Waals surface area contributed by atoms with Gasteiger partial charge < -0.3 is 9.84 Å². The first-order valence-corrected chi connectivity index (χ1v) is 5.72. The maximum Gasteiger partial charge on any atom is 0.186 e. The molecule has 0 aromatic heterocycles. The van der Waals surface area contributed by atoms with E-state index in [1.54, 1.807) is 27.7 Å². The molecule has 0 aliphatic heterocycles. The van der Waals surface area contributed by atoms with Gasteiger partial charge in [0.25, 0.3) is 0 Å². The molecule has 0 spiro atoms. The van der Waals surface area contributed by atoms with Gasteiger partial charge in [-0.1, -0.05) is 6.58 Å². The lowest BCUT2D eigenvalue weighted by molar-refractivity contribution is -0.135. The summed E-state index contributed by atoms with van der Waals surface area (Å²) in [5.74, 6) is -0.102. The Bertz CT molecular complexity index is 236. The number of ketones is 1. The first-order chi connectivity index (χ1) is 7.19. The highest BCUT2D eigenvalue weighted by molar-refractivity contribution is 5.95. The van der Waals surface area contributed by atoms with Crippen molar-refractivity contribution in [3.05, 3.63) is 12.7 Å². The maximum atomic E-state index is 11.4. The Morgan fingerprint density at radius 3 is 2.31 bits per heavy atom. The summed E-state index contributed by atoms with van der Waals surface area (Å²) in [7, 11) is 0. The Kier molecular flexibility index (Phi) is 5.90. The first kappa shape index (κ1) is 15.3. The monoisotopic (exact) mass is 228 g/mol. The van der Waals surface area contributed by atoms with Crippen LogP contribution in [0.2, 0.25) is 0 Å². The van der Waals surface area contributed by atoms with Crippen LogP contribution in [0.1, 0.15) is 47.0 Å². The SMILES string of the molecule is C=CC(=O)C(C)(C)OCCCCC(C)(C)O. The van der Waals surface area contributed by atoms with Crippen LogP contribution < -0.4 is 0 Å². The smallest absolute Gasteiger partial charge is 0.186 e. The van der Waals surface area contributed by atoms with Gasteiger partial charge in [0.15, 0.2) is 5.78 Å². The van der Waals surface area contributed by atoms with Crippen molar-refractivity contribution in [3.63, 3.8) is 0 Å². The van der Waals surface area contributed by atoms with Gasteiger partial charge in [0.2, 0.25) is 0 Å². The van der Waals surface area contributed by atoms with E-state index in [4.69, 9.17) is 4.74 Å². The molecule has 0 radical (unpaired) electrons. The van der Waals surface area contributed by atoms with Gasteiger partial charge in [-0.25, -0.2) is 0 Å². The lowest BCUT2D eigenvalue weighted by Gasteiger charge is -2.22. The molecule has 16 heavy (non-hydrogen) atoms. The number of ether oxygens (including phenoxy) is 1. The summed E-state index contributed by atoms with van der Waals surface area (Å²) in [5.41, 5.74) is -1.40. The van der Waals surface area contributed by atoms with Crippen LogP contribution in [0.4, 0.5) is 0 Å². The normalized spacial score (nSPS) is 12.6. The van der Waals surface area contributed by atoms with E-state index in [0.29, 0.717) is 6.61 Å². The highest BCUT2D eigenvalue weighted by Crippen LogP contribution is 2.15. The molecule has 0 unspecified atom stereocenters. The highest BCUT2D eigenvalue weighted by Gasteiger charge is 2.25. The van der Waals surface area contributed by atoms with Crippen molar-refractivity contribution in [3.8, 4) is 0 Å². The molecular weight excluding hydrogens is 204 g/mol. The van der Waals surface area contributed by atoms with Crippen molar-refractivity contribution in [2.75, 3.05) is 6.61 Å². The molecule has 3 nitrogen and oxygen atoms in total. The van der Waals surface area contributed by atoms with Crippen LogP contribution >= 0.6 is 0 Å². The predicted octanol–water partition coefficient (Wildman–Crippen LogP) is 2.48. The number of hydrogen-bond donors (Lipinski definition) is 1. The van der Waals surface area contributed by atoms with Crippen LogP contribution in [-0.2, 0) is 9.53 Å². The van der Waals surface area contributed by atoms with E-state index < -0.39 is 11.2 Å². The Labute approximate surface area is 98.5 Å². The molecule has 0 rings (SSSR count). The molecular formula is C13H24O3. The van der Waals surface area contributed by atoms with Gasteiger partial charge in [-0.3, -0.25) is 4.79 Å². The van der Waals surface area contributed by atoms with E-state index in [2.05, 4.69) is 6.58 Å². The van der Waals surface area contributed by atoms with Gasteiger partial charge in [0.05, 0.1) is 5.60 Å². The van der Waals surface area contributed by atoms with Crippen molar-refractivity contribution in [1.82, 2.24) is 0 Å². The van der Waals surface area contributed by atoms with E-state index in [1.165, 1.54) is 6.08 Å². The number of carbonyl (C=O) groups excluding carboxylic acids is 1. The molecule has 0 bridgehead atoms. The molecule has 0 atom stereocenters. The van der Waals surface area contributed by atoms with Crippen LogP contribution in [0.3, 0.4) is 0 Å². The third kappa shape index (κ3) is 6.75. The van der Waals surface area contributed by atoms with Crippen molar-refractivity contribution >= 4 is 5.78 Å². The topological polar surface area (TPSA) is 46.5 Å². The number of aliphatic hydroxyl groups is 1. The van der Waals surface area contributed by atoms with Gasteiger partial charge >= 0.3 is 0 Å². The van der Waals surface area contributed by atoms with E-state index in [1.807, 2.05) is 0 Å². The highest BCUT2D eigenvalue weighted by atomic mass is 16.5. The van der Waals surface area contributed by atoms with E-state index >= 15 is 0 Å². The maximum absolute atomic E-state index is 11.4. The summed E-state index contributed by atoms with van der Waals surface area (Å²) < 4.78 is 5.49. The fraction of sp³-hybridized carbons (Fsp3) is 0.769. The quantitative estimate of drug-likeness (QED) is 0.513. The van der Waals surface area contributed by atoms with Crippen molar-refractivity contribution in [1.29, 1.82) is 0 Å². The number of rotatable bonds is 8. The number of unbranched alkanes of at least 4 members (excludes halogenated alkanes) is 1. The second kappa shape index (κ2) is 6.16. The van der Waals surface area contributed by atoms with E-state index in [0.717, 1.165) is 19.3 Å². The van der Waals surface area contributed by atoms with Gasteiger partial charge in [0.1, 0.15) is 5.60 Å². The molecule has 0 aromatic carbocycles. The second-order valence-corrected chi connectivity index (χ2v) is 5.20. The van der Waals surface area contributed by atoms with Crippen LogP contribution in [0.25, 0.3) is 0 Å². The van der Waals surface area contributed by atoms with Crippen LogP contribution in [0.15, 0.2) is 12.7 Å². The Hall–Kier alpha value is -0.670. The number of carbonyl (C=O) groups is 1. The molecule has 94 valence electrons. The largest absolute Gasteiger partial charge is 0.390 e. The molecule has 3 heteroatoms. The molecule has 1 N–H and O–H groups in total. The van der Waals surface area contributed by atoms with Gasteiger partial charge in [0, 0.05) is 6.61 Å². The Morgan fingerprint density at radius 1 is 1.31 bits per heavy atom. The molecule has 0 saturated carbocycles. The van der Waals surface area contributed by atoms with Crippen molar-refractivity contribution in [2.24, 2.45) is 0 Å². The minimum atomic E-state index is -0.781. The average Bonchev–Trinajstić information content (AvgIpc) is 2.14. The Morgan fingerprint density at radius 2 is 1.88 bits per heavy atom. The fourth-order valence-electron chi connectivity index (χ4n) is 1.30. The summed E-state index contributed by atoms with van der Waals surface area (Å²) in [6.45, 7) is 11.0. The third-order valence-corrected chi connectivity index (χ3v) is 2.42. The molecule has 0 aliphatic rings. The minimum Gasteiger partial charge on any atom is -0.390 e. The zero-order valence-corrected chi connectivity index (χ0v) is 10.9. The summed E-state index contributed by atoms with van der Waals surface area (Å²) in [5, 5.41) is 9.49. The summed E-state index contributed by atoms with van der Waals surface area (Å²) in [6.07, 6.45) is 3.77. The summed E-state index contributed by atoms with van der Waals surface area (Å²) in [4.78, 5) is 11.4. The zero-order valence-electron chi connectivity index (χ0n) is 10.9.